The molecule has 0 bridgehead atoms. The first-order valence-electron chi connectivity index (χ1n) is 7.14. The van der Waals surface area contributed by atoms with Gasteiger partial charge in [-0.05, 0) is 23.6 Å². The highest BCUT2D eigenvalue weighted by Crippen LogP contribution is 2.21. The van der Waals surface area contributed by atoms with Gasteiger partial charge in [-0.3, -0.25) is 0 Å². The van der Waals surface area contributed by atoms with Crippen LogP contribution in [0, 0.1) is 0 Å². The third-order valence-electron chi connectivity index (χ3n) is 3.44. The van der Waals surface area contributed by atoms with Gasteiger partial charge in [-0.15, -0.1) is 0 Å². The molecule has 114 valence electrons. The van der Waals surface area contributed by atoms with Crippen molar-refractivity contribution in [3.05, 3.63) is 41.6 Å². The molecule has 2 heterocycles. The van der Waals surface area contributed by atoms with Crippen molar-refractivity contribution in [2.75, 3.05) is 16.8 Å². The van der Waals surface area contributed by atoms with E-state index < -0.39 is 0 Å². The summed E-state index contributed by atoms with van der Waals surface area (Å²) in [5, 5.41) is 7.60. The van der Waals surface area contributed by atoms with Crippen LogP contribution >= 0.6 is 0 Å². The molecule has 0 aliphatic carbocycles. The van der Waals surface area contributed by atoms with Gasteiger partial charge in [0.2, 0.25) is 11.9 Å². The Balaban J connectivity index is 1.93. The summed E-state index contributed by atoms with van der Waals surface area (Å²) in [7, 11) is 0. The number of anilines is 3. The fraction of sp³-hybridized carbons (Fsp3) is 0.267. The highest BCUT2D eigenvalue weighted by Gasteiger charge is 2.13. The van der Waals surface area contributed by atoms with Crippen molar-refractivity contribution in [2.24, 2.45) is 0 Å². The maximum absolute atomic E-state index is 5.82. The normalized spacial score (nSPS) is 11.2. The lowest BCUT2D eigenvalue weighted by atomic mass is 10.1. The molecule has 0 fully saturated rings. The zero-order valence-electron chi connectivity index (χ0n) is 12.6. The zero-order valence-corrected chi connectivity index (χ0v) is 12.6. The molecular weight excluding hydrogens is 278 g/mol. The van der Waals surface area contributed by atoms with Crippen molar-refractivity contribution in [3.63, 3.8) is 0 Å². The average molecular weight is 297 g/mol. The summed E-state index contributed by atoms with van der Waals surface area (Å²) < 4.78 is 1.68. The number of nitrogen functional groups attached to an aromatic ring is 2. The van der Waals surface area contributed by atoms with Crippen LogP contribution in [0.15, 0.2) is 30.5 Å². The van der Waals surface area contributed by atoms with Gasteiger partial charge in [0.1, 0.15) is 0 Å². The van der Waals surface area contributed by atoms with E-state index in [2.05, 4.69) is 34.2 Å². The van der Waals surface area contributed by atoms with Crippen LogP contribution in [0.4, 0.5) is 17.6 Å². The van der Waals surface area contributed by atoms with E-state index in [9.17, 15) is 0 Å². The number of fused-ring (bicyclic) bond motifs is 1. The fourth-order valence-electron chi connectivity index (χ4n) is 2.32. The molecule has 7 nitrogen and oxygen atoms in total. The number of benzene rings is 1. The van der Waals surface area contributed by atoms with Crippen molar-refractivity contribution in [1.29, 1.82) is 0 Å². The van der Waals surface area contributed by atoms with Gasteiger partial charge in [-0.2, -0.15) is 19.6 Å². The molecule has 0 saturated heterocycles. The molecule has 0 unspecified atom stereocenters. The second kappa shape index (κ2) is 5.51. The van der Waals surface area contributed by atoms with E-state index >= 15 is 0 Å². The quantitative estimate of drug-likeness (QED) is 0.636. The van der Waals surface area contributed by atoms with E-state index in [1.807, 2.05) is 24.3 Å². The lowest BCUT2D eigenvalue weighted by Crippen LogP contribution is -2.11. The van der Waals surface area contributed by atoms with Gasteiger partial charge in [-0.25, -0.2) is 0 Å². The van der Waals surface area contributed by atoms with Gasteiger partial charge in [0.05, 0.1) is 6.20 Å². The second-order valence-corrected chi connectivity index (χ2v) is 5.49. The molecule has 0 saturated carbocycles. The number of nitrogens with one attached hydrogen (secondary N) is 1. The van der Waals surface area contributed by atoms with Gasteiger partial charge in [-0.1, -0.05) is 26.0 Å². The van der Waals surface area contributed by atoms with Gasteiger partial charge < -0.3 is 16.8 Å². The largest absolute Gasteiger partial charge is 0.399 e. The molecule has 0 aliphatic rings. The summed E-state index contributed by atoms with van der Waals surface area (Å²) in [5.74, 6) is 1.11. The molecule has 3 aromatic rings. The summed E-state index contributed by atoms with van der Waals surface area (Å²) in [6.45, 7) is 4.76. The summed E-state index contributed by atoms with van der Waals surface area (Å²) >= 11 is 0. The summed E-state index contributed by atoms with van der Waals surface area (Å²) in [4.78, 5) is 8.53. The molecule has 0 radical (unpaired) electrons. The minimum atomic E-state index is 0.227. The topological polar surface area (TPSA) is 107 Å². The van der Waals surface area contributed by atoms with Crippen molar-refractivity contribution in [1.82, 2.24) is 19.6 Å². The minimum Gasteiger partial charge on any atom is -0.399 e. The third kappa shape index (κ3) is 2.65. The lowest BCUT2D eigenvalue weighted by Gasteiger charge is -2.09. The molecule has 0 aliphatic heterocycles. The third-order valence-corrected chi connectivity index (χ3v) is 3.44. The smallest absolute Gasteiger partial charge is 0.229 e. The Labute approximate surface area is 128 Å². The second-order valence-electron chi connectivity index (χ2n) is 5.49. The van der Waals surface area contributed by atoms with Crippen molar-refractivity contribution >= 4 is 23.2 Å². The van der Waals surface area contributed by atoms with Crippen LogP contribution in [0.1, 0.15) is 30.9 Å². The Hall–Kier alpha value is -2.83. The Morgan fingerprint density at radius 3 is 2.77 bits per heavy atom. The highest BCUT2D eigenvalue weighted by atomic mass is 15.4. The van der Waals surface area contributed by atoms with Crippen LogP contribution in [-0.4, -0.2) is 19.6 Å². The zero-order chi connectivity index (χ0) is 15.7. The monoisotopic (exact) mass is 297 g/mol. The van der Waals surface area contributed by atoms with Crippen LogP contribution in [0.3, 0.4) is 0 Å². The molecule has 2 aromatic heterocycles. The van der Waals surface area contributed by atoms with E-state index in [0.717, 1.165) is 22.5 Å². The molecule has 0 amide bonds. The predicted octanol–water partition coefficient (Wildman–Crippen LogP) is 2.02. The van der Waals surface area contributed by atoms with E-state index in [-0.39, 0.29) is 5.95 Å². The molecule has 5 N–H and O–H groups in total. The predicted molar refractivity (Wildman–Crippen MR) is 87.5 cm³/mol. The van der Waals surface area contributed by atoms with Crippen molar-refractivity contribution in [2.45, 2.75) is 26.3 Å². The van der Waals surface area contributed by atoms with Crippen LogP contribution in [-0.2, 0) is 6.54 Å². The van der Waals surface area contributed by atoms with Gasteiger partial charge in [0.25, 0.3) is 0 Å². The molecular formula is C15H19N7. The van der Waals surface area contributed by atoms with Gasteiger partial charge >= 0.3 is 0 Å². The number of hydrogen-bond donors (Lipinski definition) is 3. The Bertz CT molecular complexity index is 807. The van der Waals surface area contributed by atoms with Crippen molar-refractivity contribution < 1.29 is 0 Å². The molecule has 1 aromatic carbocycles. The van der Waals surface area contributed by atoms with Gasteiger partial charge in [0.15, 0.2) is 5.65 Å². The number of nitrogens with zero attached hydrogens (tertiary/aromatic N) is 4. The molecule has 0 atom stereocenters. The van der Waals surface area contributed by atoms with Crippen LogP contribution < -0.4 is 16.8 Å². The molecule has 7 heteroatoms. The Morgan fingerprint density at radius 1 is 1.23 bits per heavy atom. The van der Waals surface area contributed by atoms with Crippen LogP contribution in [0.25, 0.3) is 5.65 Å². The minimum absolute atomic E-state index is 0.227. The number of aromatic nitrogens is 4. The van der Waals surface area contributed by atoms with Crippen LogP contribution in [0.5, 0.6) is 0 Å². The fourth-order valence-corrected chi connectivity index (χ4v) is 2.32. The number of nitrogens with two attached hydrogens (primary N) is 2. The van der Waals surface area contributed by atoms with E-state index in [0.29, 0.717) is 18.4 Å². The molecule has 3 rings (SSSR count). The maximum atomic E-state index is 5.82. The molecule has 0 spiro atoms. The summed E-state index contributed by atoms with van der Waals surface area (Å²) in [5.41, 5.74) is 15.2. The van der Waals surface area contributed by atoms with Gasteiger partial charge in [0, 0.05) is 17.8 Å². The van der Waals surface area contributed by atoms with Crippen LogP contribution in [0.2, 0.25) is 0 Å². The Kier molecular flexibility index (Phi) is 3.54. The first-order chi connectivity index (χ1) is 10.5. The number of hydrogen-bond acceptors (Lipinski definition) is 6. The lowest BCUT2D eigenvalue weighted by molar-refractivity contribution is 0.867. The first-order valence-corrected chi connectivity index (χ1v) is 7.14. The average Bonchev–Trinajstić information content (AvgIpc) is 2.88. The maximum Gasteiger partial charge on any atom is 0.229 e. The molecule has 22 heavy (non-hydrogen) atoms. The van der Waals surface area contributed by atoms with E-state index in [1.165, 1.54) is 0 Å². The van der Waals surface area contributed by atoms with E-state index in [1.54, 1.807) is 10.7 Å². The standard InChI is InChI=1S/C15H19N7/c1-9(2)12-8-19-22-13(12)20-14(17)21-15(22)18-7-10-4-3-5-11(16)6-10/h3-6,8-9H,7,16H2,1-2H3,(H3,17,18,20,21). The summed E-state index contributed by atoms with van der Waals surface area (Å²) in [6, 6.07) is 7.68. The summed E-state index contributed by atoms with van der Waals surface area (Å²) in [6.07, 6.45) is 1.81. The highest BCUT2D eigenvalue weighted by molar-refractivity contribution is 5.55. The van der Waals surface area contributed by atoms with E-state index in [4.69, 9.17) is 11.5 Å². The Morgan fingerprint density at radius 2 is 2.05 bits per heavy atom. The SMILES string of the molecule is CC(C)c1cnn2c(NCc3cccc(N)c3)nc(N)nc12. The van der Waals surface area contributed by atoms with Crippen molar-refractivity contribution in [3.8, 4) is 0 Å². The first kappa shape index (κ1) is 14.1. The number of rotatable bonds is 4.